The molecule has 0 bridgehead atoms. The van der Waals surface area contributed by atoms with Crippen molar-refractivity contribution in [2.24, 2.45) is 0 Å². The molecule has 7 heteroatoms. The van der Waals surface area contributed by atoms with Crippen LogP contribution in [0.2, 0.25) is 0 Å². The van der Waals surface area contributed by atoms with Crippen molar-refractivity contribution in [3.63, 3.8) is 0 Å². The van der Waals surface area contributed by atoms with Crippen LogP contribution in [0.3, 0.4) is 0 Å². The molecule has 1 aliphatic carbocycles. The van der Waals surface area contributed by atoms with Crippen LogP contribution in [0.5, 0.6) is 11.6 Å². The lowest BCUT2D eigenvalue weighted by Crippen LogP contribution is -2.39. The van der Waals surface area contributed by atoms with Crippen LogP contribution in [-0.2, 0) is 22.9 Å². The first kappa shape index (κ1) is 16.9. The first-order valence-electron chi connectivity index (χ1n) is 7.76. The summed E-state index contributed by atoms with van der Waals surface area (Å²) < 4.78 is 45.2. The lowest BCUT2D eigenvalue weighted by atomic mass is 10.1. The van der Waals surface area contributed by atoms with E-state index >= 15 is 0 Å². The van der Waals surface area contributed by atoms with Gasteiger partial charge in [0.15, 0.2) is 0 Å². The third-order valence-electron chi connectivity index (χ3n) is 3.98. The van der Waals surface area contributed by atoms with Crippen molar-refractivity contribution < 1.29 is 17.5 Å². The summed E-state index contributed by atoms with van der Waals surface area (Å²) in [6.45, 7) is 3.32. The van der Waals surface area contributed by atoms with Gasteiger partial charge in [-0.1, -0.05) is 6.07 Å². The quantitative estimate of drug-likeness (QED) is 0.900. The highest BCUT2D eigenvalue weighted by Gasteiger charge is 2.27. The Labute approximate surface area is 140 Å². The molecule has 128 valence electrons. The average molecular weight is 350 g/mol. The van der Waals surface area contributed by atoms with E-state index in [-0.39, 0.29) is 6.04 Å². The summed E-state index contributed by atoms with van der Waals surface area (Å²) in [6.07, 6.45) is 2.38. The van der Waals surface area contributed by atoms with E-state index in [1.165, 1.54) is 12.1 Å². The molecule has 1 N–H and O–H groups in total. The van der Waals surface area contributed by atoms with Gasteiger partial charge in [-0.05, 0) is 56.0 Å². The van der Waals surface area contributed by atoms with Crippen molar-refractivity contribution in [1.29, 1.82) is 0 Å². The topological polar surface area (TPSA) is 68.3 Å². The third kappa shape index (κ3) is 3.73. The minimum atomic E-state index is -3.29. The predicted octanol–water partition coefficient (Wildman–Crippen LogP) is 2.81. The maximum Gasteiger partial charge on any atom is 0.219 e. The minimum Gasteiger partial charge on any atom is -0.439 e. The molecule has 0 radical (unpaired) electrons. The zero-order valence-corrected chi connectivity index (χ0v) is 14.3. The molecule has 0 saturated heterocycles. The molecule has 3 rings (SSSR count). The SMILES string of the molecule is CC(C)S(=O)(=O)N[C@H]1Cc2ccc(Oc3ccc(F)cn3)cc2C1. The Morgan fingerprint density at radius 1 is 1.21 bits per heavy atom. The smallest absolute Gasteiger partial charge is 0.219 e. The van der Waals surface area contributed by atoms with Crippen LogP contribution in [-0.4, -0.2) is 24.7 Å². The second-order valence-corrected chi connectivity index (χ2v) is 8.43. The van der Waals surface area contributed by atoms with Gasteiger partial charge >= 0.3 is 0 Å². The molecule has 5 nitrogen and oxygen atoms in total. The molecule has 1 heterocycles. The largest absolute Gasteiger partial charge is 0.439 e. The summed E-state index contributed by atoms with van der Waals surface area (Å²) in [7, 11) is -3.29. The first-order valence-corrected chi connectivity index (χ1v) is 9.30. The molecular formula is C17H19FN2O3S. The van der Waals surface area contributed by atoms with Gasteiger partial charge in [0.25, 0.3) is 0 Å². The van der Waals surface area contributed by atoms with E-state index in [1.807, 2.05) is 18.2 Å². The van der Waals surface area contributed by atoms with Crippen LogP contribution in [0.4, 0.5) is 4.39 Å². The highest BCUT2D eigenvalue weighted by Crippen LogP contribution is 2.29. The van der Waals surface area contributed by atoms with Gasteiger partial charge in [0.05, 0.1) is 11.4 Å². The van der Waals surface area contributed by atoms with Crippen LogP contribution in [0, 0.1) is 5.82 Å². The van der Waals surface area contributed by atoms with Gasteiger partial charge in [-0.15, -0.1) is 0 Å². The fourth-order valence-corrected chi connectivity index (χ4v) is 3.56. The fourth-order valence-electron chi connectivity index (χ4n) is 2.65. The van der Waals surface area contributed by atoms with Gasteiger partial charge in [0, 0.05) is 12.1 Å². The van der Waals surface area contributed by atoms with E-state index < -0.39 is 21.1 Å². The number of hydrogen-bond donors (Lipinski definition) is 1. The number of aromatic nitrogens is 1. The summed E-state index contributed by atoms with van der Waals surface area (Å²) in [4.78, 5) is 3.86. The molecule has 0 fully saturated rings. The number of benzene rings is 1. The van der Waals surface area contributed by atoms with Gasteiger partial charge in [-0.2, -0.15) is 0 Å². The van der Waals surface area contributed by atoms with Crippen molar-refractivity contribution in [3.8, 4) is 11.6 Å². The number of sulfonamides is 1. The number of halogens is 1. The van der Waals surface area contributed by atoms with E-state index in [4.69, 9.17) is 4.74 Å². The normalized spacial score (nSPS) is 17.1. The zero-order valence-electron chi connectivity index (χ0n) is 13.5. The molecule has 24 heavy (non-hydrogen) atoms. The van der Waals surface area contributed by atoms with Crippen LogP contribution < -0.4 is 9.46 Å². The number of ether oxygens (including phenoxy) is 1. The third-order valence-corrected chi connectivity index (χ3v) is 5.89. The number of fused-ring (bicyclic) bond motifs is 1. The lowest BCUT2D eigenvalue weighted by molar-refractivity contribution is 0.458. The Bertz CT molecular complexity index is 835. The maximum absolute atomic E-state index is 12.9. The van der Waals surface area contributed by atoms with Gasteiger partial charge in [0.2, 0.25) is 15.9 Å². The van der Waals surface area contributed by atoms with Crippen molar-refractivity contribution >= 4 is 10.0 Å². The summed E-state index contributed by atoms with van der Waals surface area (Å²) in [5.41, 5.74) is 2.15. The predicted molar refractivity (Wildman–Crippen MR) is 89.1 cm³/mol. The average Bonchev–Trinajstić information content (AvgIpc) is 2.90. The summed E-state index contributed by atoms with van der Waals surface area (Å²) in [5, 5.41) is -0.454. The molecule has 1 aromatic heterocycles. The molecule has 1 aromatic carbocycles. The van der Waals surface area contributed by atoms with E-state index in [1.54, 1.807) is 13.8 Å². The number of nitrogens with one attached hydrogen (secondary N) is 1. The van der Waals surface area contributed by atoms with E-state index in [9.17, 15) is 12.8 Å². The Morgan fingerprint density at radius 3 is 2.62 bits per heavy atom. The molecule has 0 amide bonds. The number of pyridine rings is 1. The molecule has 0 spiro atoms. The van der Waals surface area contributed by atoms with Crippen LogP contribution in [0.25, 0.3) is 0 Å². The zero-order chi connectivity index (χ0) is 17.3. The summed E-state index contributed by atoms with van der Waals surface area (Å²) >= 11 is 0. The second kappa shape index (κ2) is 6.49. The molecule has 2 aromatic rings. The molecule has 1 atom stereocenters. The van der Waals surface area contributed by atoms with E-state index in [2.05, 4.69) is 9.71 Å². The maximum atomic E-state index is 12.9. The molecule has 0 unspecified atom stereocenters. The highest BCUT2D eigenvalue weighted by atomic mass is 32.2. The van der Waals surface area contributed by atoms with Crippen LogP contribution in [0.15, 0.2) is 36.5 Å². The van der Waals surface area contributed by atoms with Crippen LogP contribution in [0.1, 0.15) is 25.0 Å². The first-order chi connectivity index (χ1) is 11.3. The van der Waals surface area contributed by atoms with Gasteiger partial charge in [-0.3, -0.25) is 0 Å². The van der Waals surface area contributed by atoms with E-state index in [0.29, 0.717) is 24.5 Å². The van der Waals surface area contributed by atoms with Crippen LogP contribution >= 0.6 is 0 Å². The summed E-state index contributed by atoms with van der Waals surface area (Å²) in [6, 6.07) is 8.23. The van der Waals surface area contributed by atoms with E-state index in [0.717, 1.165) is 17.3 Å². The molecular weight excluding hydrogens is 331 g/mol. The molecule has 1 aliphatic rings. The van der Waals surface area contributed by atoms with Gasteiger partial charge in [0.1, 0.15) is 11.6 Å². The Hall–Kier alpha value is -1.99. The van der Waals surface area contributed by atoms with Crippen molar-refractivity contribution in [1.82, 2.24) is 9.71 Å². The fraction of sp³-hybridized carbons (Fsp3) is 0.353. The Kier molecular flexibility index (Phi) is 4.56. The van der Waals surface area contributed by atoms with Crippen molar-refractivity contribution in [2.75, 3.05) is 0 Å². The number of rotatable bonds is 5. The number of nitrogens with zero attached hydrogens (tertiary/aromatic N) is 1. The highest BCUT2D eigenvalue weighted by molar-refractivity contribution is 7.90. The van der Waals surface area contributed by atoms with Crippen molar-refractivity contribution in [2.45, 2.75) is 38.0 Å². The molecule has 0 saturated carbocycles. The van der Waals surface area contributed by atoms with Crippen molar-refractivity contribution in [3.05, 3.63) is 53.5 Å². The minimum absolute atomic E-state index is 0.133. The van der Waals surface area contributed by atoms with Gasteiger partial charge < -0.3 is 4.74 Å². The van der Waals surface area contributed by atoms with Gasteiger partial charge in [-0.25, -0.2) is 22.5 Å². The monoisotopic (exact) mass is 350 g/mol. The lowest BCUT2D eigenvalue weighted by Gasteiger charge is -2.14. The Morgan fingerprint density at radius 2 is 1.96 bits per heavy atom. The number of hydrogen-bond acceptors (Lipinski definition) is 4. The summed E-state index contributed by atoms with van der Waals surface area (Å²) in [5.74, 6) is 0.489. The Balaban J connectivity index is 1.71. The molecule has 0 aliphatic heterocycles. The second-order valence-electron chi connectivity index (χ2n) is 6.16. The standard InChI is InChI=1S/C17H19FN2O3S/c1-11(2)24(21,22)20-15-7-12-3-5-16(9-13(12)8-15)23-17-6-4-14(18)10-19-17/h3-6,9-11,15,20H,7-8H2,1-2H3/t15-/m0/s1.